The van der Waals surface area contributed by atoms with E-state index in [0.29, 0.717) is 6.42 Å². The zero-order valence-corrected chi connectivity index (χ0v) is 22.8. The van der Waals surface area contributed by atoms with Gasteiger partial charge in [0.05, 0.1) is 12.7 Å². The van der Waals surface area contributed by atoms with Crippen LogP contribution in [0.5, 0.6) is 0 Å². The zero-order chi connectivity index (χ0) is 27.8. The normalized spacial score (nSPS) is 47.5. The third-order valence-corrected chi connectivity index (χ3v) is 11.4. The van der Waals surface area contributed by atoms with E-state index in [1.807, 2.05) is 0 Å². The molecule has 10 atom stereocenters. The van der Waals surface area contributed by atoms with Crippen molar-refractivity contribution >= 4 is 34.6 Å². The van der Waals surface area contributed by atoms with E-state index in [-0.39, 0.29) is 37.9 Å². The molecule has 3 saturated carbocycles. The molecule has 0 spiro atoms. The number of cyclic esters (lactones) is 1. The highest BCUT2D eigenvalue weighted by atomic mass is 32.2. The lowest BCUT2D eigenvalue weighted by atomic mass is 9.44. The Kier molecular flexibility index (Phi) is 6.50. The lowest BCUT2D eigenvalue weighted by Gasteiger charge is -2.63. The summed E-state index contributed by atoms with van der Waals surface area (Å²) in [4.78, 5) is 51.1. The van der Waals surface area contributed by atoms with Gasteiger partial charge in [-0.3, -0.25) is 19.2 Å². The zero-order valence-electron chi connectivity index (χ0n) is 22.0. The number of halogens is 2. The Morgan fingerprint density at radius 3 is 2.58 bits per heavy atom. The molecular weight excluding hydrogens is 518 g/mol. The van der Waals surface area contributed by atoms with E-state index >= 15 is 8.78 Å². The number of carbonyl (C=O) groups is 4. The summed E-state index contributed by atoms with van der Waals surface area (Å²) in [6.45, 7) is 6.78. The highest BCUT2D eigenvalue weighted by Gasteiger charge is 2.78. The van der Waals surface area contributed by atoms with Crippen molar-refractivity contribution in [1.29, 1.82) is 0 Å². The number of carbonyl (C=O) groups excluding carboxylic acids is 4. The molecule has 0 aromatic carbocycles. The lowest BCUT2D eigenvalue weighted by molar-refractivity contribution is -0.228. The predicted molar refractivity (Wildman–Crippen MR) is 134 cm³/mol. The minimum absolute atomic E-state index is 0.00469. The number of hydrogen-bond acceptors (Lipinski definition) is 8. The van der Waals surface area contributed by atoms with Crippen LogP contribution in [0.15, 0.2) is 23.8 Å². The van der Waals surface area contributed by atoms with E-state index < -0.39 is 80.2 Å². The van der Waals surface area contributed by atoms with Crippen LogP contribution in [-0.2, 0) is 28.7 Å². The average Bonchev–Trinajstić information content (AvgIpc) is 3.35. The second-order valence-corrected chi connectivity index (χ2v) is 13.1. The second kappa shape index (κ2) is 8.98. The number of ketones is 1. The first-order valence-corrected chi connectivity index (χ1v) is 14.2. The molecule has 4 unspecified atom stereocenters. The summed E-state index contributed by atoms with van der Waals surface area (Å²) in [5, 5.41) is 10.3. The van der Waals surface area contributed by atoms with Crippen molar-refractivity contribution in [3.63, 3.8) is 0 Å². The third-order valence-electron chi connectivity index (χ3n) is 10.2. The molecule has 0 amide bonds. The third kappa shape index (κ3) is 3.41. The van der Waals surface area contributed by atoms with Gasteiger partial charge in [0, 0.05) is 35.5 Å². The minimum atomic E-state index is -2.31. The number of thioether (sulfide) groups is 1. The molecule has 208 valence electrons. The monoisotopic (exact) mass is 552 g/mol. The summed E-state index contributed by atoms with van der Waals surface area (Å²) in [6.07, 6.45) is 0.586. The molecule has 1 heterocycles. The molecule has 1 aliphatic heterocycles. The van der Waals surface area contributed by atoms with Gasteiger partial charge in [0.25, 0.3) is 0 Å². The largest absolute Gasteiger partial charge is 0.465 e. The van der Waals surface area contributed by atoms with Crippen molar-refractivity contribution < 1.29 is 42.5 Å². The van der Waals surface area contributed by atoms with Crippen LogP contribution in [0.1, 0.15) is 59.8 Å². The molecular formula is C28H34F2O7S. The molecule has 4 aliphatic carbocycles. The van der Waals surface area contributed by atoms with Gasteiger partial charge in [-0.1, -0.05) is 38.6 Å². The number of fused-ring (bicyclic) bond motifs is 5. The SMILES string of the molecule is CCC(=O)OC1(C(=O)SC2CCOC2=O)C(C)C[C@H]2[C@@H]3C[C@H](F)C4=CC(=O)C=C[C@]4(C)[C@@]3(F)C(O)C[C@@]21C. The Hall–Kier alpha value is -2.07. The van der Waals surface area contributed by atoms with Gasteiger partial charge in [-0.25, -0.2) is 8.78 Å². The maximum Gasteiger partial charge on any atom is 0.319 e. The molecule has 0 radical (unpaired) electrons. The summed E-state index contributed by atoms with van der Waals surface area (Å²) >= 11 is 0.772. The van der Waals surface area contributed by atoms with E-state index in [1.165, 1.54) is 19.1 Å². The van der Waals surface area contributed by atoms with Gasteiger partial charge in [0.15, 0.2) is 17.1 Å². The summed E-state index contributed by atoms with van der Waals surface area (Å²) < 4.78 is 44.2. The van der Waals surface area contributed by atoms with E-state index in [1.54, 1.807) is 20.8 Å². The summed E-state index contributed by atoms with van der Waals surface area (Å²) in [5.74, 6) is -3.76. The number of alkyl halides is 2. The van der Waals surface area contributed by atoms with Crippen molar-refractivity contribution in [2.24, 2.45) is 28.6 Å². The fraction of sp³-hybridized carbons (Fsp3) is 0.714. The first kappa shape index (κ1) is 27.5. The molecule has 1 saturated heterocycles. The van der Waals surface area contributed by atoms with Crippen LogP contribution in [0.2, 0.25) is 0 Å². The Morgan fingerprint density at radius 2 is 1.95 bits per heavy atom. The summed E-state index contributed by atoms with van der Waals surface area (Å²) in [6, 6.07) is 0. The van der Waals surface area contributed by atoms with Crippen LogP contribution in [0.3, 0.4) is 0 Å². The topological polar surface area (TPSA) is 107 Å². The van der Waals surface area contributed by atoms with Crippen molar-refractivity contribution in [1.82, 2.24) is 0 Å². The number of aliphatic hydroxyl groups excluding tert-OH is 1. The quantitative estimate of drug-likeness (QED) is 0.525. The van der Waals surface area contributed by atoms with E-state index in [4.69, 9.17) is 9.47 Å². The Bertz CT molecular complexity index is 1150. The summed E-state index contributed by atoms with van der Waals surface area (Å²) in [7, 11) is 0. The van der Waals surface area contributed by atoms with E-state index in [0.717, 1.165) is 17.8 Å². The van der Waals surface area contributed by atoms with Gasteiger partial charge in [-0.05, 0) is 49.8 Å². The van der Waals surface area contributed by atoms with Crippen LogP contribution in [-0.4, -0.2) is 63.3 Å². The maximum absolute atomic E-state index is 17.4. The molecule has 0 aromatic heterocycles. The van der Waals surface area contributed by atoms with Crippen LogP contribution in [0, 0.1) is 28.6 Å². The first-order chi connectivity index (χ1) is 17.8. The second-order valence-electron chi connectivity index (χ2n) is 11.9. The van der Waals surface area contributed by atoms with E-state index in [2.05, 4.69) is 0 Å². The van der Waals surface area contributed by atoms with Gasteiger partial charge in [0.2, 0.25) is 5.12 Å². The first-order valence-electron chi connectivity index (χ1n) is 13.3. The minimum Gasteiger partial charge on any atom is -0.465 e. The number of hydrogen-bond donors (Lipinski definition) is 1. The maximum atomic E-state index is 17.4. The van der Waals surface area contributed by atoms with Crippen LogP contribution in [0.25, 0.3) is 0 Å². The molecule has 0 bridgehead atoms. The van der Waals surface area contributed by atoms with Gasteiger partial charge in [0.1, 0.15) is 11.4 Å². The van der Waals surface area contributed by atoms with Crippen molar-refractivity contribution in [2.45, 2.75) is 88.6 Å². The average molecular weight is 553 g/mol. The fourth-order valence-corrected chi connectivity index (χ4v) is 9.56. The Labute approximate surface area is 224 Å². The molecule has 7 nitrogen and oxygen atoms in total. The fourth-order valence-electron chi connectivity index (χ4n) is 8.27. The van der Waals surface area contributed by atoms with Crippen LogP contribution < -0.4 is 0 Å². The van der Waals surface area contributed by atoms with Crippen LogP contribution >= 0.6 is 11.8 Å². The van der Waals surface area contributed by atoms with Gasteiger partial charge in [-0.15, -0.1) is 0 Å². The Balaban J connectivity index is 1.61. The number of aliphatic hydroxyl groups is 1. The van der Waals surface area contributed by atoms with Gasteiger partial charge >= 0.3 is 11.9 Å². The van der Waals surface area contributed by atoms with Gasteiger partial charge < -0.3 is 14.6 Å². The van der Waals surface area contributed by atoms with Crippen molar-refractivity contribution in [2.75, 3.05) is 6.61 Å². The summed E-state index contributed by atoms with van der Waals surface area (Å²) in [5.41, 5.74) is -6.81. The molecule has 10 heteroatoms. The number of allylic oxidation sites excluding steroid dienone is 4. The lowest BCUT2D eigenvalue weighted by Crippen LogP contribution is -2.70. The predicted octanol–water partition coefficient (Wildman–Crippen LogP) is 3.82. The molecule has 0 aromatic rings. The van der Waals surface area contributed by atoms with Crippen LogP contribution in [0.4, 0.5) is 8.78 Å². The number of rotatable bonds is 4. The molecule has 38 heavy (non-hydrogen) atoms. The van der Waals surface area contributed by atoms with E-state index in [9.17, 15) is 24.3 Å². The van der Waals surface area contributed by atoms with Crippen molar-refractivity contribution in [3.8, 4) is 0 Å². The number of ether oxygens (including phenoxy) is 2. The molecule has 4 fully saturated rings. The standard InChI is InChI=1S/C28H34F2O7S/c1-5-22(33)37-28(24(35)38-20-7-9-36-23(20)34)14(2)10-16-17-12-19(29)18-11-15(31)6-8-25(18,3)27(17,30)21(32)13-26(16,28)4/h6,8,11,14,16-17,19-21,32H,5,7,9-10,12-13H2,1-4H3/t14?,16-,17-,19-,20?,21?,25-,26-,27-,28?/m0/s1. The molecule has 5 rings (SSSR count). The smallest absolute Gasteiger partial charge is 0.319 e. The highest BCUT2D eigenvalue weighted by Crippen LogP contribution is 2.72. The molecule has 1 N–H and O–H groups in total. The van der Waals surface area contributed by atoms with Crippen molar-refractivity contribution in [3.05, 3.63) is 23.8 Å². The highest BCUT2D eigenvalue weighted by molar-refractivity contribution is 8.14. The molecule has 5 aliphatic rings. The Morgan fingerprint density at radius 1 is 1.24 bits per heavy atom. The van der Waals surface area contributed by atoms with Gasteiger partial charge in [-0.2, -0.15) is 0 Å². The number of esters is 2.